The number of thiophene rings is 1. The Morgan fingerprint density at radius 3 is 2.78 bits per heavy atom. The number of benzene rings is 2. The van der Waals surface area contributed by atoms with Crippen LogP contribution in [0.2, 0.25) is 5.02 Å². The number of aryl methyl sites for hydroxylation is 1. The number of hydrogen-bond donors (Lipinski definition) is 1. The predicted octanol–water partition coefficient (Wildman–Crippen LogP) is 7.56. The Kier molecular flexibility index (Phi) is 6.68. The van der Waals surface area contributed by atoms with Crippen molar-refractivity contribution in [1.29, 1.82) is 0 Å². The molecule has 0 saturated heterocycles. The summed E-state index contributed by atoms with van der Waals surface area (Å²) in [6.45, 7) is 1.02. The van der Waals surface area contributed by atoms with Crippen LogP contribution in [0, 0.1) is 0 Å². The SMILES string of the molecule is O=C(NCc1ccco1)c1c(N=Cc2cn(Cc3ccccc3Cl)c3ccccc23)sc2c1CCCC2. The Morgan fingerprint density at radius 1 is 1.08 bits per heavy atom. The molecule has 5 aromatic rings. The van der Waals surface area contributed by atoms with E-state index < -0.39 is 0 Å². The Bertz CT molecular complexity index is 1600. The van der Waals surface area contributed by atoms with Gasteiger partial charge in [-0.15, -0.1) is 11.3 Å². The normalized spacial score (nSPS) is 13.3. The van der Waals surface area contributed by atoms with E-state index in [1.807, 2.05) is 48.7 Å². The number of rotatable bonds is 7. The van der Waals surface area contributed by atoms with Gasteiger partial charge in [0.25, 0.3) is 5.91 Å². The molecule has 0 unspecified atom stereocenters. The van der Waals surface area contributed by atoms with Crippen LogP contribution in [0.15, 0.2) is 82.5 Å². The Hall–Kier alpha value is -3.61. The zero-order chi connectivity index (χ0) is 25.2. The number of aromatic nitrogens is 1. The number of amides is 1. The molecule has 0 bridgehead atoms. The van der Waals surface area contributed by atoms with Crippen LogP contribution < -0.4 is 5.32 Å². The molecule has 37 heavy (non-hydrogen) atoms. The molecule has 7 heteroatoms. The molecule has 1 aliphatic rings. The summed E-state index contributed by atoms with van der Waals surface area (Å²) in [5, 5.41) is 5.66. The van der Waals surface area contributed by atoms with Crippen molar-refractivity contribution >= 4 is 51.0 Å². The molecule has 5 nitrogen and oxygen atoms in total. The summed E-state index contributed by atoms with van der Waals surface area (Å²) in [6, 6.07) is 19.9. The molecule has 0 spiro atoms. The van der Waals surface area contributed by atoms with Gasteiger partial charge in [-0.2, -0.15) is 0 Å². The standard InChI is InChI=1S/C30H26ClN3O2S/c31-25-12-4-1-8-20(25)18-34-19-21(23-10-2-5-13-26(23)34)16-33-30-28(24-11-3-6-14-27(24)37-30)29(35)32-17-22-9-7-15-36-22/h1-2,4-5,7-10,12-13,15-16,19H,3,6,11,14,17-18H2,(H,32,35). The highest BCUT2D eigenvalue weighted by Crippen LogP contribution is 2.40. The molecule has 1 aliphatic carbocycles. The molecule has 3 heterocycles. The predicted molar refractivity (Wildman–Crippen MR) is 151 cm³/mol. The molecular weight excluding hydrogens is 502 g/mol. The molecule has 1 amide bonds. The maximum Gasteiger partial charge on any atom is 0.255 e. The van der Waals surface area contributed by atoms with Gasteiger partial charge < -0.3 is 14.3 Å². The first-order valence-electron chi connectivity index (χ1n) is 12.5. The summed E-state index contributed by atoms with van der Waals surface area (Å²) in [4.78, 5) is 19.5. The van der Waals surface area contributed by atoms with Crippen molar-refractivity contribution in [1.82, 2.24) is 9.88 Å². The summed E-state index contributed by atoms with van der Waals surface area (Å²) < 4.78 is 7.59. The quantitative estimate of drug-likeness (QED) is 0.222. The number of furan rings is 1. The second-order valence-electron chi connectivity index (χ2n) is 9.23. The maximum atomic E-state index is 13.3. The number of para-hydroxylation sites is 1. The molecule has 6 rings (SSSR count). The van der Waals surface area contributed by atoms with Crippen molar-refractivity contribution in [2.24, 2.45) is 4.99 Å². The van der Waals surface area contributed by atoms with Crippen LogP contribution in [-0.4, -0.2) is 16.7 Å². The highest BCUT2D eigenvalue weighted by atomic mass is 35.5. The third kappa shape index (κ3) is 4.87. The van der Waals surface area contributed by atoms with E-state index in [2.05, 4.69) is 34.3 Å². The fourth-order valence-electron chi connectivity index (χ4n) is 4.99. The minimum atomic E-state index is -0.0934. The smallest absolute Gasteiger partial charge is 0.255 e. The van der Waals surface area contributed by atoms with Gasteiger partial charge >= 0.3 is 0 Å². The molecule has 1 N–H and O–H groups in total. The van der Waals surface area contributed by atoms with Crippen molar-refractivity contribution < 1.29 is 9.21 Å². The minimum Gasteiger partial charge on any atom is -0.467 e. The van der Waals surface area contributed by atoms with Crippen LogP contribution >= 0.6 is 22.9 Å². The third-order valence-electron chi connectivity index (χ3n) is 6.82. The number of carbonyl (C=O) groups is 1. The van der Waals surface area contributed by atoms with Crippen LogP contribution in [0.1, 0.15) is 50.5 Å². The fraction of sp³-hybridized carbons (Fsp3) is 0.200. The molecule has 0 aliphatic heterocycles. The van der Waals surface area contributed by atoms with Crippen molar-refractivity contribution in [2.75, 3.05) is 0 Å². The van der Waals surface area contributed by atoms with Gasteiger partial charge in [-0.05, 0) is 61.1 Å². The van der Waals surface area contributed by atoms with Crippen LogP contribution in [0.25, 0.3) is 10.9 Å². The topological polar surface area (TPSA) is 59.5 Å². The number of halogens is 1. The van der Waals surface area contributed by atoms with Crippen LogP contribution in [0.5, 0.6) is 0 Å². The molecule has 0 radical (unpaired) electrons. The van der Waals surface area contributed by atoms with Crippen LogP contribution in [0.4, 0.5) is 5.00 Å². The number of fused-ring (bicyclic) bond motifs is 2. The minimum absolute atomic E-state index is 0.0934. The van der Waals surface area contributed by atoms with E-state index in [4.69, 9.17) is 21.0 Å². The summed E-state index contributed by atoms with van der Waals surface area (Å²) in [5.74, 6) is 0.637. The number of hydrogen-bond acceptors (Lipinski definition) is 4. The van der Waals surface area contributed by atoms with Gasteiger partial charge in [0.15, 0.2) is 0 Å². The van der Waals surface area contributed by atoms with E-state index in [1.54, 1.807) is 17.6 Å². The lowest BCUT2D eigenvalue weighted by molar-refractivity contribution is 0.0948. The van der Waals surface area contributed by atoms with Gasteiger partial charge in [0.2, 0.25) is 0 Å². The van der Waals surface area contributed by atoms with E-state index >= 15 is 0 Å². The highest BCUT2D eigenvalue weighted by molar-refractivity contribution is 7.16. The summed E-state index contributed by atoms with van der Waals surface area (Å²) in [7, 11) is 0. The Labute approximate surface area is 224 Å². The van der Waals surface area contributed by atoms with Crippen molar-refractivity contribution in [2.45, 2.75) is 38.8 Å². The van der Waals surface area contributed by atoms with E-state index in [1.165, 1.54) is 4.88 Å². The summed E-state index contributed by atoms with van der Waals surface area (Å²) in [5.41, 5.74) is 5.06. The summed E-state index contributed by atoms with van der Waals surface area (Å²) >= 11 is 8.09. The Balaban J connectivity index is 1.34. The maximum absolute atomic E-state index is 13.3. The van der Waals surface area contributed by atoms with Gasteiger partial charge in [-0.25, -0.2) is 4.99 Å². The second-order valence-corrected chi connectivity index (χ2v) is 10.7. The molecule has 0 atom stereocenters. The van der Waals surface area contributed by atoms with E-state index in [0.29, 0.717) is 18.7 Å². The number of carbonyl (C=O) groups excluding carboxylic acids is 1. The Morgan fingerprint density at radius 2 is 1.92 bits per heavy atom. The van der Waals surface area contributed by atoms with Gasteiger partial charge in [-0.1, -0.05) is 48.0 Å². The average molecular weight is 528 g/mol. The number of nitrogens with zero attached hydrogens (tertiary/aromatic N) is 2. The van der Waals surface area contributed by atoms with E-state index in [0.717, 1.165) is 69.1 Å². The molecule has 2 aromatic carbocycles. The molecular formula is C30H26ClN3O2S. The van der Waals surface area contributed by atoms with Crippen molar-refractivity contribution in [3.05, 3.63) is 111 Å². The first-order chi connectivity index (χ1) is 18.2. The van der Waals surface area contributed by atoms with Gasteiger partial charge in [0, 0.05) is 45.3 Å². The monoisotopic (exact) mass is 527 g/mol. The van der Waals surface area contributed by atoms with Gasteiger partial charge in [0.1, 0.15) is 10.8 Å². The molecule has 0 saturated carbocycles. The fourth-order valence-corrected chi connectivity index (χ4v) is 6.42. The first kappa shape index (κ1) is 23.8. The molecule has 0 fully saturated rings. The van der Waals surface area contributed by atoms with Crippen LogP contribution in [-0.2, 0) is 25.9 Å². The lowest BCUT2D eigenvalue weighted by Gasteiger charge is -2.12. The van der Waals surface area contributed by atoms with Crippen molar-refractivity contribution in [3.63, 3.8) is 0 Å². The largest absolute Gasteiger partial charge is 0.467 e. The highest BCUT2D eigenvalue weighted by Gasteiger charge is 2.25. The molecule has 3 aromatic heterocycles. The average Bonchev–Trinajstić information content (AvgIpc) is 3.65. The second kappa shape index (κ2) is 10.4. The van der Waals surface area contributed by atoms with Gasteiger partial charge in [-0.3, -0.25) is 4.79 Å². The van der Waals surface area contributed by atoms with Crippen molar-refractivity contribution in [3.8, 4) is 0 Å². The van der Waals surface area contributed by atoms with E-state index in [-0.39, 0.29) is 5.91 Å². The zero-order valence-corrected chi connectivity index (χ0v) is 21.8. The number of nitrogens with one attached hydrogen (secondary N) is 1. The first-order valence-corrected chi connectivity index (χ1v) is 13.7. The molecule has 186 valence electrons. The van der Waals surface area contributed by atoms with Gasteiger partial charge in [0.05, 0.1) is 18.4 Å². The van der Waals surface area contributed by atoms with Crippen LogP contribution in [0.3, 0.4) is 0 Å². The lowest BCUT2D eigenvalue weighted by atomic mass is 9.95. The zero-order valence-electron chi connectivity index (χ0n) is 20.2. The lowest BCUT2D eigenvalue weighted by Crippen LogP contribution is -2.23. The third-order valence-corrected chi connectivity index (χ3v) is 8.39. The van der Waals surface area contributed by atoms with E-state index in [9.17, 15) is 4.79 Å². The number of aliphatic imine (C=N–C) groups is 1. The summed E-state index contributed by atoms with van der Waals surface area (Å²) in [6.07, 6.45) is 9.80.